The van der Waals surface area contributed by atoms with Gasteiger partial charge in [0.15, 0.2) is 0 Å². The number of hydrogen-bond donors (Lipinski definition) is 1. The molecule has 0 spiro atoms. The average molecular weight is 462 g/mol. The summed E-state index contributed by atoms with van der Waals surface area (Å²) in [5.41, 5.74) is 7.25. The third kappa shape index (κ3) is 6.65. The third-order valence-electron chi connectivity index (χ3n) is 5.10. The van der Waals surface area contributed by atoms with E-state index in [2.05, 4.69) is 9.98 Å². The van der Waals surface area contributed by atoms with Crippen molar-refractivity contribution < 1.29 is 17.9 Å². The molecule has 10 heteroatoms. The van der Waals surface area contributed by atoms with Crippen molar-refractivity contribution in [2.75, 3.05) is 50.1 Å². The van der Waals surface area contributed by atoms with E-state index in [4.69, 9.17) is 15.2 Å². The van der Waals surface area contributed by atoms with Crippen LogP contribution in [0.5, 0.6) is 5.75 Å². The number of nitrogens with two attached hydrogens (primary N) is 1. The van der Waals surface area contributed by atoms with Crippen molar-refractivity contribution in [3.05, 3.63) is 48.2 Å². The zero-order valence-corrected chi connectivity index (χ0v) is 19.2. The maximum atomic E-state index is 12.8. The van der Waals surface area contributed by atoms with Gasteiger partial charge in [-0.15, -0.1) is 0 Å². The molecule has 1 saturated heterocycles. The fourth-order valence-corrected chi connectivity index (χ4v) is 5.10. The molecular formula is C22H31N5O4S. The van der Waals surface area contributed by atoms with Crippen LogP contribution in [0.4, 0.5) is 11.5 Å². The molecule has 0 unspecified atom stereocenters. The number of methoxy groups -OCH3 is 1. The highest BCUT2D eigenvalue weighted by molar-refractivity contribution is 7.90. The highest BCUT2D eigenvalue weighted by Crippen LogP contribution is 2.26. The van der Waals surface area contributed by atoms with Crippen molar-refractivity contribution in [1.82, 2.24) is 9.29 Å². The standard InChI is InChI=1S/C22H31N5O4S/c1-30-18-24-17-19-6-8-21(9-7-19)31-15-5-3-2-4-12-26-13-14-27(32(26,28)29)20-10-11-25-22(23)16-20/h6-11,16-17H,2-5,12-15,18H2,1H3,(H2,23,25)/b24-17+. The molecule has 1 aliphatic heterocycles. The van der Waals surface area contributed by atoms with E-state index in [9.17, 15) is 8.42 Å². The lowest BCUT2D eigenvalue weighted by molar-refractivity contribution is 0.209. The van der Waals surface area contributed by atoms with E-state index in [0.717, 1.165) is 37.0 Å². The van der Waals surface area contributed by atoms with Crippen molar-refractivity contribution in [3.63, 3.8) is 0 Å². The van der Waals surface area contributed by atoms with Crippen molar-refractivity contribution in [2.45, 2.75) is 25.7 Å². The number of hydrogen-bond acceptors (Lipinski definition) is 7. The zero-order chi connectivity index (χ0) is 22.8. The highest BCUT2D eigenvalue weighted by atomic mass is 32.2. The Morgan fingerprint density at radius 2 is 1.91 bits per heavy atom. The number of benzene rings is 1. The molecule has 3 rings (SSSR count). The van der Waals surface area contributed by atoms with E-state index < -0.39 is 10.2 Å². The SMILES string of the molecule is COC/N=C/c1ccc(OCCCCCCN2CCN(c3ccnc(N)c3)S2(=O)=O)cc1. The summed E-state index contributed by atoms with van der Waals surface area (Å²) >= 11 is 0. The van der Waals surface area contributed by atoms with E-state index in [0.29, 0.717) is 44.5 Å². The summed E-state index contributed by atoms with van der Waals surface area (Å²) in [5.74, 6) is 1.14. The smallest absolute Gasteiger partial charge is 0.304 e. The molecule has 2 N–H and O–H groups in total. The van der Waals surface area contributed by atoms with Crippen LogP contribution in [-0.4, -0.2) is 64.0 Å². The first-order chi connectivity index (χ1) is 15.5. The van der Waals surface area contributed by atoms with Gasteiger partial charge in [0.25, 0.3) is 0 Å². The van der Waals surface area contributed by atoms with Crippen LogP contribution in [0.2, 0.25) is 0 Å². The summed E-state index contributed by atoms with van der Waals surface area (Å²) < 4.78 is 39.2. The molecule has 1 fully saturated rings. The van der Waals surface area contributed by atoms with Crippen LogP contribution < -0.4 is 14.8 Å². The number of pyridine rings is 1. The van der Waals surface area contributed by atoms with E-state index in [1.54, 1.807) is 25.5 Å². The Morgan fingerprint density at radius 1 is 1.12 bits per heavy atom. The summed E-state index contributed by atoms with van der Waals surface area (Å²) in [4.78, 5) is 8.04. The van der Waals surface area contributed by atoms with Gasteiger partial charge in [0, 0.05) is 45.2 Å². The summed E-state index contributed by atoms with van der Waals surface area (Å²) in [7, 11) is -1.89. The van der Waals surface area contributed by atoms with Gasteiger partial charge in [-0.25, -0.2) is 4.98 Å². The van der Waals surface area contributed by atoms with Crippen LogP contribution in [0.1, 0.15) is 31.2 Å². The fraction of sp³-hybridized carbons (Fsp3) is 0.455. The first-order valence-electron chi connectivity index (χ1n) is 10.7. The van der Waals surface area contributed by atoms with Gasteiger partial charge in [-0.1, -0.05) is 12.8 Å². The Morgan fingerprint density at radius 3 is 2.66 bits per heavy atom. The second kappa shape index (κ2) is 11.8. The molecule has 0 bridgehead atoms. The van der Waals surface area contributed by atoms with Gasteiger partial charge in [-0.3, -0.25) is 9.30 Å². The minimum absolute atomic E-state index is 0.310. The van der Waals surface area contributed by atoms with Gasteiger partial charge < -0.3 is 15.2 Å². The normalized spacial score (nSPS) is 16.1. The number of aliphatic imine (C=N–C) groups is 1. The minimum Gasteiger partial charge on any atom is -0.494 e. The van der Waals surface area contributed by atoms with Crippen LogP contribution >= 0.6 is 0 Å². The van der Waals surface area contributed by atoms with Gasteiger partial charge in [0.1, 0.15) is 18.3 Å². The van der Waals surface area contributed by atoms with E-state index in [1.807, 2.05) is 24.3 Å². The Bertz CT molecular complexity index is 982. The lowest BCUT2D eigenvalue weighted by Gasteiger charge is -2.20. The second-order valence-corrected chi connectivity index (χ2v) is 9.33. The van der Waals surface area contributed by atoms with Crippen LogP contribution in [-0.2, 0) is 14.9 Å². The topological polar surface area (TPSA) is 110 Å². The van der Waals surface area contributed by atoms with Crippen LogP contribution in [0.25, 0.3) is 0 Å². The number of rotatable bonds is 12. The number of nitrogen functional groups attached to an aromatic ring is 1. The van der Waals surface area contributed by atoms with Gasteiger partial charge in [0.05, 0.1) is 12.3 Å². The summed E-state index contributed by atoms with van der Waals surface area (Å²) in [6.07, 6.45) is 6.97. The number of aromatic nitrogens is 1. The largest absolute Gasteiger partial charge is 0.494 e. The van der Waals surface area contributed by atoms with Gasteiger partial charge >= 0.3 is 10.2 Å². The Labute approximate surface area is 190 Å². The predicted octanol–water partition coefficient (Wildman–Crippen LogP) is 2.69. The van der Waals surface area contributed by atoms with E-state index in [1.165, 1.54) is 14.8 Å². The lowest BCUT2D eigenvalue weighted by atomic mass is 10.2. The molecule has 2 heterocycles. The molecule has 2 aromatic rings. The molecule has 1 aliphatic rings. The van der Waals surface area contributed by atoms with Gasteiger partial charge in [0.2, 0.25) is 0 Å². The number of unbranched alkanes of at least 4 members (excludes halogenated alkanes) is 3. The van der Waals surface area contributed by atoms with Crippen LogP contribution in [0, 0.1) is 0 Å². The molecule has 0 amide bonds. The first kappa shape index (κ1) is 24.0. The number of anilines is 2. The van der Waals surface area contributed by atoms with Gasteiger partial charge in [-0.05, 0) is 48.7 Å². The summed E-state index contributed by atoms with van der Waals surface area (Å²) in [5, 5.41) is 0. The third-order valence-corrected chi connectivity index (χ3v) is 7.07. The monoisotopic (exact) mass is 461 g/mol. The minimum atomic E-state index is -3.50. The number of nitrogens with zero attached hydrogens (tertiary/aromatic N) is 4. The molecule has 0 aliphatic carbocycles. The molecule has 1 aromatic carbocycles. The van der Waals surface area contributed by atoms with Gasteiger partial charge in [-0.2, -0.15) is 12.7 Å². The van der Waals surface area contributed by atoms with Crippen LogP contribution in [0.3, 0.4) is 0 Å². The molecule has 0 saturated carbocycles. The molecule has 1 aromatic heterocycles. The summed E-state index contributed by atoms with van der Waals surface area (Å²) in [6, 6.07) is 11.0. The predicted molar refractivity (Wildman–Crippen MR) is 126 cm³/mol. The Balaban J connectivity index is 1.32. The maximum Gasteiger partial charge on any atom is 0.304 e. The van der Waals surface area contributed by atoms with Crippen molar-refractivity contribution >= 4 is 27.9 Å². The Hall–Kier alpha value is -2.69. The first-order valence-corrected chi connectivity index (χ1v) is 12.1. The molecule has 174 valence electrons. The van der Waals surface area contributed by atoms with Crippen molar-refractivity contribution in [3.8, 4) is 5.75 Å². The van der Waals surface area contributed by atoms with E-state index in [-0.39, 0.29) is 0 Å². The van der Waals surface area contributed by atoms with Crippen LogP contribution in [0.15, 0.2) is 47.6 Å². The average Bonchev–Trinajstić information content (AvgIpc) is 3.08. The molecule has 0 atom stereocenters. The second-order valence-electron chi connectivity index (χ2n) is 7.48. The quantitative estimate of drug-likeness (QED) is 0.384. The Kier molecular flexibility index (Phi) is 8.83. The molecular weight excluding hydrogens is 430 g/mol. The molecule has 0 radical (unpaired) electrons. The molecule has 32 heavy (non-hydrogen) atoms. The van der Waals surface area contributed by atoms with E-state index >= 15 is 0 Å². The molecule has 9 nitrogen and oxygen atoms in total. The number of ether oxygens (including phenoxy) is 2. The zero-order valence-electron chi connectivity index (χ0n) is 18.4. The summed E-state index contributed by atoms with van der Waals surface area (Å²) in [6.45, 7) is 2.42. The van der Waals surface area contributed by atoms with Crippen molar-refractivity contribution in [1.29, 1.82) is 0 Å². The van der Waals surface area contributed by atoms with Crippen molar-refractivity contribution in [2.24, 2.45) is 4.99 Å². The highest BCUT2D eigenvalue weighted by Gasteiger charge is 2.36. The maximum absolute atomic E-state index is 12.8. The lowest BCUT2D eigenvalue weighted by Crippen LogP contribution is -2.33. The fourth-order valence-electron chi connectivity index (χ4n) is 3.45.